The second-order valence-corrected chi connectivity index (χ2v) is 26.3. The molecule has 0 amide bonds. The number of allylic oxidation sites excluding steroid dienone is 22. The maximum absolute atomic E-state index is 12.8. The first kappa shape index (κ1) is 84.2. The molecule has 0 saturated heterocycles. The van der Waals surface area contributed by atoms with Gasteiger partial charge in [0, 0.05) is 12.8 Å². The van der Waals surface area contributed by atoms with Gasteiger partial charge in [0.1, 0.15) is 19.8 Å². The van der Waals surface area contributed by atoms with Crippen molar-refractivity contribution in [3.63, 3.8) is 0 Å². The number of unbranched alkanes of at least 4 members (excludes halogenated alkanes) is 29. The number of likely N-dealkylation sites (N-methyl/N-ethyl adjacent to an activating group) is 1. The minimum Gasteiger partial charge on any atom is -0.462 e. The van der Waals surface area contributed by atoms with Crippen LogP contribution in [0.5, 0.6) is 0 Å². The molecule has 0 bridgehead atoms. The van der Waals surface area contributed by atoms with Crippen molar-refractivity contribution >= 4 is 19.8 Å². The van der Waals surface area contributed by atoms with Crippen LogP contribution in [0.1, 0.15) is 296 Å². The van der Waals surface area contributed by atoms with Gasteiger partial charge in [-0.15, -0.1) is 0 Å². The summed E-state index contributed by atoms with van der Waals surface area (Å²) in [6.07, 6.45) is 98.7. The average Bonchev–Trinajstić information content (AvgIpc) is 3.68. The number of hydrogen-bond acceptors (Lipinski definition) is 7. The SMILES string of the molecule is CC/C=C\C/C=C\C/C=C\C/C=C\C/C=C\C/C=C\C/C=C\C/C=C\C/C=C\CCCC(=O)OC(COC(=O)CCCCCCCCCCCCCCCCCCCCCCCCC/C=C\C/C=C\CCCCCCC)COP(=O)(O)OCC[N+](C)(C)C. The second-order valence-electron chi connectivity index (χ2n) is 24.9. The first-order chi connectivity index (χ1) is 43.0. The lowest BCUT2D eigenvalue weighted by Gasteiger charge is -2.24. The molecule has 0 aromatic rings. The van der Waals surface area contributed by atoms with Crippen LogP contribution in [0.2, 0.25) is 0 Å². The van der Waals surface area contributed by atoms with Gasteiger partial charge < -0.3 is 18.9 Å². The van der Waals surface area contributed by atoms with Gasteiger partial charge in [0.25, 0.3) is 0 Å². The van der Waals surface area contributed by atoms with Crippen LogP contribution >= 0.6 is 7.82 Å². The van der Waals surface area contributed by atoms with Gasteiger partial charge >= 0.3 is 19.8 Å². The van der Waals surface area contributed by atoms with E-state index in [9.17, 15) is 19.0 Å². The van der Waals surface area contributed by atoms with E-state index in [1.807, 2.05) is 21.1 Å². The molecule has 0 spiro atoms. The van der Waals surface area contributed by atoms with Crippen molar-refractivity contribution in [2.45, 2.75) is 302 Å². The number of hydrogen-bond donors (Lipinski definition) is 1. The molecule has 10 heteroatoms. The Morgan fingerprint density at radius 1 is 0.364 bits per heavy atom. The van der Waals surface area contributed by atoms with Crippen LogP contribution in [0.3, 0.4) is 0 Å². The summed E-state index contributed by atoms with van der Waals surface area (Å²) in [5.74, 6) is -0.866. The van der Waals surface area contributed by atoms with E-state index in [0.717, 1.165) is 83.5 Å². The highest BCUT2D eigenvalue weighted by Crippen LogP contribution is 2.43. The quantitative estimate of drug-likeness (QED) is 0.0211. The van der Waals surface area contributed by atoms with Gasteiger partial charge in [-0.05, 0) is 109 Å². The van der Waals surface area contributed by atoms with Gasteiger partial charge in [0.2, 0.25) is 0 Å². The summed E-state index contributed by atoms with van der Waals surface area (Å²) in [6.45, 7) is 4.26. The van der Waals surface area contributed by atoms with Crippen molar-refractivity contribution in [3.05, 3.63) is 134 Å². The summed E-state index contributed by atoms with van der Waals surface area (Å²) in [4.78, 5) is 35.8. The van der Waals surface area contributed by atoms with Gasteiger partial charge in [0.15, 0.2) is 6.10 Å². The van der Waals surface area contributed by atoms with E-state index < -0.39 is 26.5 Å². The lowest BCUT2D eigenvalue weighted by atomic mass is 10.0. The van der Waals surface area contributed by atoms with E-state index in [2.05, 4.69) is 148 Å². The lowest BCUT2D eigenvalue weighted by Crippen LogP contribution is -2.37. The summed E-state index contributed by atoms with van der Waals surface area (Å²) in [5.41, 5.74) is 0. The predicted molar refractivity (Wildman–Crippen MR) is 381 cm³/mol. The molecule has 0 rings (SSSR count). The highest BCUT2D eigenvalue weighted by atomic mass is 31.2. The van der Waals surface area contributed by atoms with E-state index in [0.29, 0.717) is 23.9 Å². The van der Waals surface area contributed by atoms with Gasteiger partial charge in [-0.25, -0.2) is 4.57 Å². The van der Waals surface area contributed by atoms with E-state index in [1.165, 1.54) is 173 Å². The maximum atomic E-state index is 12.8. The Kier molecular flexibility index (Phi) is 64.6. The summed E-state index contributed by atoms with van der Waals surface area (Å²) in [6, 6.07) is 0. The topological polar surface area (TPSA) is 108 Å². The first-order valence-corrected chi connectivity index (χ1v) is 37.4. The number of phosphoric ester groups is 1. The number of rotatable bonds is 65. The molecule has 0 aliphatic carbocycles. The summed E-state index contributed by atoms with van der Waals surface area (Å²) in [7, 11) is 1.43. The molecule has 0 aromatic heterocycles. The smallest absolute Gasteiger partial charge is 0.462 e. The molecular weight excluding hydrogens is 1110 g/mol. The largest absolute Gasteiger partial charge is 0.472 e. The van der Waals surface area contributed by atoms with E-state index in [-0.39, 0.29) is 32.0 Å². The minimum atomic E-state index is -4.42. The lowest BCUT2D eigenvalue weighted by molar-refractivity contribution is -0.870. The fourth-order valence-corrected chi connectivity index (χ4v) is 10.4. The Bertz CT molecular complexity index is 1950. The highest BCUT2D eigenvalue weighted by molar-refractivity contribution is 7.47. The first-order valence-electron chi connectivity index (χ1n) is 35.9. The van der Waals surface area contributed by atoms with Crippen molar-refractivity contribution in [1.82, 2.24) is 0 Å². The molecule has 2 unspecified atom stereocenters. The average molecular weight is 1250 g/mol. The molecule has 9 nitrogen and oxygen atoms in total. The van der Waals surface area contributed by atoms with Crippen molar-refractivity contribution in [3.8, 4) is 0 Å². The molecule has 2 atom stereocenters. The van der Waals surface area contributed by atoms with Crippen molar-refractivity contribution < 1.29 is 42.1 Å². The second kappa shape index (κ2) is 67.5. The third-order valence-corrected chi connectivity index (χ3v) is 16.1. The zero-order chi connectivity index (χ0) is 64.1. The number of quaternary nitrogens is 1. The highest BCUT2D eigenvalue weighted by Gasteiger charge is 2.27. The van der Waals surface area contributed by atoms with Crippen molar-refractivity contribution in [1.29, 1.82) is 0 Å². The predicted octanol–water partition coefficient (Wildman–Crippen LogP) is 23.6. The summed E-state index contributed by atoms with van der Waals surface area (Å²) in [5, 5.41) is 0. The zero-order valence-electron chi connectivity index (χ0n) is 57.4. The van der Waals surface area contributed by atoms with Gasteiger partial charge in [-0.2, -0.15) is 0 Å². The van der Waals surface area contributed by atoms with Gasteiger partial charge in [0.05, 0.1) is 27.7 Å². The molecule has 0 aliphatic rings. The Hall–Kier alpha value is -3.85. The van der Waals surface area contributed by atoms with Crippen LogP contribution in [-0.4, -0.2) is 74.9 Å². The Morgan fingerprint density at radius 3 is 1.00 bits per heavy atom. The molecular formula is C78H135NO8P+. The zero-order valence-corrected chi connectivity index (χ0v) is 58.3. The monoisotopic (exact) mass is 1240 g/mol. The third kappa shape index (κ3) is 71.2. The molecule has 0 aromatic carbocycles. The fourth-order valence-electron chi connectivity index (χ4n) is 9.70. The van der Waals surface area contributed by atoms with Crippen LogP contribution in [-0.2, 0) is 32.7 Å². The molecule has 1 N–H and O–H groups in total. The van der Waals surface area contributed by atoms with E-state index in [1.54, 1.807) is 0 Å². The number of carbonyl (C=O) groups excluding carboxylic acids is 2. The van der Waals surface area contributed by atoms with Crippen molar-refractivity contribution in [2.75, 3.05) is 47.5 Å². The molecule has 0 radical (unpaired) electrons. The van der Waals surface area contributed by atoms with E-state index >= 15 is 0 Å². The number of ether oxygens (including phenoxy) is 2. The Balaban J connectivity index is 4.11. The van der Waals surface area contributed by atoms with Gasteiger partial charge in [-0.3, -0.25) is 18.6 Å². The van der Waals surface area contributed by atoms with Crippen LogP contribution in [0.4, 0.5) is 0 Å². The summed E-state index contributed by atoms with van der Waals surface area (Å²) >= 11 is 0. The fraction of sp³-hybridized carbons (Fsp3) is 0.692. The Labute approximate surface area is 542 Å². The number of phosphoric acid groups is 1. The number of nitrogens with zero attached hydrogens (tertiary/aromatic N) is 1. The molecule has 0 aliphatic heterocycles. The van der Waals surface area contributed by atoms with Crippen LogP contribution < -0.4 is 0 Å². The standard InChI is InChI=1S/C78H134NO8P/c1-6-8-10-12-14-16-18-20-22-24-26-28-30-32-34-36-37-38-39-40-41-43-44-46-48-50-52-54-56-58-60-62-64-66-68-70-77(80)84-74-76(75-86-88(82,83)85-73-72-79(3,4)5)87-78(81)71-69-67-65-63-61-59-57-55-53-51-49-47-45-42-35-33-31-29-27-25-23-21-19-17-15-13-11-9-7-2/h9,11,15,17-18,20-21,23-24,26-27,29,33,35,45,47,51,53,57,59,63,65,76H,6-8,10,12-14,16,19,22,25,28,30-32,34,36-44,46,48-50,52,54-56,58,60-62,64,66-75H2,1-5H3/p+1/b11-9-,17-15-,20-18-,23-21-,26-24-,29-27-,35-33-,47-45-,53-51-,59-57-,65-63-. The number of esters is 2. The number of carbonyl (C=O) groups is 2. The van der Waals surface area contributed by atoms with Crippen LogP contribution in [0.25, 0.3) is 0 Å². The maximum Gasteiger partial charge on any atom is 0.472 e. The third-order valence-electron chi connectivity index (χ3n) is 15.2. The normalized spacial score (nSPS) is 13.9. The molecule has 0 fully saturated rings. The molecule has 0 heterocycles. The van der Waals surface area contributed by atoms with Crippen molar-refractivity contribution in [2.24, 2.45) is 0 Å². The van der Waals surface area contributed by atoms with Gasteiger partial charge in [-0.1, -0.05) is 308 Å². The van der Waals surface area contributed by atoms with Crippen LogP contribution in [0.15, 0.2) is 134 Å². The Morgan fingerprint density at radius 2 is 0.659 bits per heavy atom. The molecule has 504 valence electrons. The molecule has 0 saturated carbocycles. The van der Waals surface area contributed by atoms with E-state index in [4.69, 9.17) is 18.5 Å². The van der Waals surface area contributed by atoms with Crippen LogP contribution in [0, 0.1) is 0 Å². The summed E-state index contributed by atoms with van der Waals surface area (Å²) < 4.78 is 34.6. The molecule has 88 heavy (non-hydrogen) atoms. The minimum absolute atomic E-state index is 0.0150.